The number of rotatable bonds is 3. The lowest BCUT2D eigenvalue weighted by Gasteiger charge is -2.15. The molecule has 1 atom stereocenters. The first-order valence-electron chi connectivity index (χ1n) is 6.92. The van der Waals surface area contributed by atoms with Gasteiger partial charge in [0.15, 0.2) is 6.10 Å². The molecule has 1 aliphatic heterocycles. The molecule has 1 N–H and O–H groups in total. The lowest BCUT2D eigenvalue weighted by atomic mass is 9.97. The fourth-order valence-electron chi connectivity index (χ4n) is 2.60. The van der Waals surface area contributed by atoms with Gasteiger partial charge in [0.1, 0.15) is 5.82 Å². The first-order chi connectivity index (χ1) is 10.5. The topological polar surface area (TPSA) is 82.4 Å². The zero-order valence-electron chi connectivity index (χ0n) is 11.9. The van der Waals surface area contributed by atoms with Crippen molar-refractivity contribution in [3.63, 3.8) is 0 Å². The average Bonchev–Trinajstić information content (AvgIpc) is 3.22. The second-order valence-corrected chi connectivity index (χ2v) is 5.46. The van der Waals surface area contributed by atoms with E-state index in [-0.39, 0.29) is 6.54 Å². The van der Waals surface area contributed by atoms with Crippen LogP contribution in [0.3, 0.4) is 0 Å². The summed E-state index contributed by atoms with van der Waals surface area (Å²) in [5.74, 6) is -0.929. The first kappa shape index (κ1) is 14.3. The average molecular weight is 303 g/mol. The van der Waals surface area contributed by atoms with Crippen LogP contribution in [0.25, 0.3) is 0 Å². The summed E-state index contributed by atoms with van der Waals surface area (Å²) in [6.07, 6.45) is -0.314. The Morgan fingerprint density at radius 2 is 2.27 bits per heavy atom. The second-order valence-electron chi connectivity index (χ2n) is 5.46. The molecule has 7 heteroatoms. The number of hydrogen-bond acceptors (Lipinski definition) is 4. The molecule has 2 amide bonds. The summed E-state index contributed by atoms with van der Waals surface area (Å²) in [6.45, 7) is 0.0285. The van der Waals surface area contributed by atoms with Crippen molar-refractivity contribution in [2.45, 2.75) is 24.4 Å². The number of likely N-dealkylation sites (N-methyl/N-ethyl adjacent to an activating group) is 1. The van der Waals surface area contributed by atoms with Gasteiger partial charge in [0, 0.05) is 12.6 Å². The van der Waals surface area contributed by atoms with E-state index in [0.29, 0.717) is 24.1 Å². The highest BCUT2D eigenvalue weighted by atomic mass is 19.1. The Kier molecular flexibility index (Phi) is 3.24. The minimum atomic E-state index is -0.908. The number of anilines is 1. The first-order valence-corrected chi connectivity index (χ1v) is 6.92. The van der Waals surface area contributed by atoms with Crippen molar-refractivity contribution in [2.24, 2.45) is 0 Å². The van der Waals surface area contributed by atoms with Crippen LogP contribution >= 0.6 is 0 Å². The van der Waals surface area contributed by atoms with Gasteiger partial charge in [-0.25, -0.2) is 9.18 Å². The molecular formula is C15H14FN3O3. The molecule has 0 unspecified atom stereocenters. The number of carbonyl (C=O) groups excluding carboxylic acids is 2. The minimum absolute atomic E-state index is 0.0285. The number of cyclic esters (lactones) is 1. The van der Waals surface area contributed by atoms with E-state index in [4.69, 9.17) is 10.00 Å². The molecule has 1 aromatic carbocycles. The lowest BCUT2D eigenvalue weighted by Crippen LogP contribution is -2.35. The van der Waals surface area contributed by atoms with E-state index < -0.39 is 29.3 Å². The zero-order valence-corrected chi connectivity index (χ0v) is 11.9. The molecular weight excluding hydrogens is 289 g/mol. The summed E-state index contributed by atoms with van der Waals surface area (Å²) in [4.78, 5) is 24.5. The Balaban J connectivity index is 1.85. The lowest BCUT2D eigenvalue weighted by molar-refractivity contribution is -0.127. The van der Waals surface area contributed by atoms with Crippen LogP contribution < -0.4 is 10.2 Å². The monoisotopic (exact) mass is 303 g/mol. The van der Waals surface area contributed by atoms with Crippen LogP contribution in [0.1, 0.15) is 18.4 Å². The SMILES string of the molecule is CNC(=O)[C@H]1CN(c2ccc(C3(C#N)CC3)c(F)c2)C(=O)O1. The third kappa shape index (κ3) is 2.17. The molecule has 0 bridgehead atoms. The van der Waals surface area contributed by atoms with E-state index in [0.717, 1.165) is 0 Å². The maximum absolute atomic E-state index is 14.3. The van der Waals surface area contributed by atoms with Crippen LogP contribution in [0.4, 0.5) is 14.9 Å². The van der Waals surface area contributed by atoms with Gasteiger partial charge in [0.2, 0.25) is 0 Å². The molecule has 1 saturated heterocycles. The van der Waals surface area contributed by atoms with Gasteiger partial charge >= 0.3 is 6.09 Å². The van der Waals surface area contributed by atoms with Gasteiger partial charge in [0.25, 0.3) is 5.91 Å². The minimum Gasteiger partial charge on any atom is -0.434 e. The summed E-state index contributed by atoms with van der Waals surface area (Å²) in [6, 6.07) is 6.45. The van der Waals surface area contributed by atoms with E-state index in [1.807, 2.05) is 0 Å². The number of nitrogens with one attached hydrogen (secondary N) is 1. The van der Waals surface area contributed by atoms with Gasteiger partial charge in [-0.1, -0.05) is 6.07 Å². The van der Waals surface area contributed by atoms with E-state index in [1.54, 1.807) is 6.07 Å². The van der Waals surface area contributed by atoms with Crippen LogP contribution in [0.5, 0.6) is 0 Å². The predicted octanol–water partition coefficient (Wildman–Crippen LogP) is 1.45. The molecule has 0 aromatic heterocycles. The molecule has 1 saturated carbocycles. The van der Waals surface area contributed by atoms with E-state index in [2.05, 4.69) is 11.4 Å². The summed E-state index contributed by atoms with van der Waals surface area (Å²) >= 11 is 0. The summed E-state index contributed by atoms with van der Waals surface area (Å²) < 4.78 is 19.2. The molecule has 2 fully saturated rings. The maximum atomic E-state index is 14.3. The maximum Gasteiger partial charge on any atom is 0.415 e. The number of amides is 2. The normalized spacial score (nSPS) is 22.0. The van der Waals surface area contributed by atoms with Gasteiger partial charge in [-0.3, -0.25) is 9.69 Å². The standard InChI is InChI=1S/C15H14FN3O3/c1-18-13(20)12-7-19(14(21)22-12)9-2-3-10(11(16)6-9)15(8-17)4-5-15/h2-3,6,12H,4-5,7H2,1H3,(H,18,20)/t12-/m1/s1. The molecule has 0 radical (unpaired) electrons. The van der Waals surface area contributed by atoms with E-state index in [1.165, 1.54) is 24.1 Å². The highest BCUT2D eigenvalue weighted by Crippen LogP contribution is 2.48. The Morgan fingerprint density at radius 1 is 1.55 bits per heavy atom. The van der Waals surface area contributed by atoms with Crippen LogP contribution in [0.2, 0.25) is 0 Å². The van der Waals surface area contributed by atoms with Crippen molar-refractivity contribution in [3.05, 3.63) is 29.6 Å². The molecule has 114 valence electrons. The van der Waals surface area contributed by atoms with E-state index >= 15 is 0 Å². The number of halogens is 1. The number of hydrogen-bond donors (Lipinski definition) is 1. The Bertz CT molecular complexity index is 694. The van der Waals surface area contributed by atoms with Crippen LogP contribution in [-0.2, 0) is 14.9 Å². The van der Waals surface area contributed by atoms with Crippen molar-refractivity contribution < 1.29 is 18.7 Å². The van der Waals surface area contributed by atoms with Crippen molar-refractivity contribution in [1.29, 1.82) is 5.26 Å². The molecule has 6 nitrogen and oxygen atoms in total. The van der Waals surface area contributed by atoms with Crippen molar-refractivity contribution in [2.75, 3.05) is 18.5 Å². The van der Waals surface area contributed by atoms with Crippen LogP contribution in [0.15, 0.2) is 18.2 Å². The Morgan fingerprint density at radius 3 is 2.82 bits per heavy atom. The predicted molar refractivity (Wildman–Crippen MR) is 74.6 cm³/mol. The van der Waals surface area contributed by atoms with Gasteiger partial charge in [0.05, 0.1) is 23.7 Å². The van der Waals surface area contributed by atoms with Gasteiger partial charge in [-0.05, 0) is 25.0 Å². The fourth-order valence-corrected chi connectivity index (χ4v) is 2.60. The van der Waals surface area contributed by atoms with Gasteiger partial charge in [-0.2, -0.15) is 5.26 Å². The molecule has 3 rings (SSSR count). The highest BCUT2D eigenvalue weighted by Gasteiger charge is 2.47. The molecule has 1 aromatic rings. The summed E-state index contributed by atoms with van der Waals surface area (Å²) in [7, 11) is 1.45. The Labute approximate surface area is 126 Å². The smallest absolute Gasteiger partial charge is 0.415 e. The largest absolute Gasteiger partial charge is 0.434 e. The Hall–Kier alpha value is -2.62. The second kappa shape index (κ2) is 4.98. The third-order valence-corrected chi connectivity index (χ3v) is 4.09. The number of carbonyl (C=O) groups is 2. The number of ether oxygens (including phenoxy) is 1. The highest BCUT2D eigenvalue weighted by molar-refractivity contribution is 5.95. The number of nitriles is 1. The summed E-state index contributed by atoms with van der Waals surface area (Å²) in [5, 5.41) is 11.5. The van der Waals surface area contributed by atoms with Crippen LogP contribution in [-0.4, -0.2) is 31.7 Å². The van der Waals surface area contributed by atoms with Crippen LogP contribution in [0, 0.1) is 17.1 Å². The molecule has 1 heterocycles. The van der Waals surface area contributed by atoms with Crippen molar-refractivity contribution in [3.8, 4) is 6.07 Å². The van der Waals surface area contributed by atoms with Crippen molar-refractivity contribution in [1.82, 2.24) is 5.32 Å². The van der Waals surface area contributed by atoms with E-state index in [9.17, 15) is 14.0 Å². The molecule has 0 spiro atoms. The third-order valence-electron chi connectivity index (χ3n) is 4.09. The summed E-state index contributed by atoms with van der Waals surface area (Å²) in [5.41, 5.74) is -0.0563. The van der Waals surface area contributed by atoms with Gasteiger partial charge < -0.3 is 10.1 Å². The van der Waals surface area contributed by atoms with Gasteiger partial charge in [-0.15, -0.1) is 0 Å². The molecule has 1 aliphatic carbocycles. The molecule has 2 aliphatic rings. The molecule has 22 heavy (non-hydrogen) atoms. The number of benzene rings is 1. The number of nitrogens with zero attached hydrogens (tertiary/aromatic N) is 2. The van der Waals surface area contributed by atoms with Crippen molar-refractivity contribution >= 4 is 17.7 Å². The zero-order chi connectivity index (χ0) is 15.9. The fraction of sp³-hybridized carbons (Fsp3) is 0.400. The quantitative estimate of drug-likeness (QED) is 0.916.